The molecule has 1 amide bonds. The van der Waals surface area contributed by atoms with E-state index in [4.69, 9.17) is 4.74 Å². The minimum atomic E-state index is -1.15. The van der Waals surface area contributed by atoms with Crippen LogP contribution in [-0.2, 0) is 0 Å². The summed E-state index contributed by atoms with van der Waals surface area (Å²) in [5, 5.41) is 16.6. The summed E-state index contributed by atoms with van der Waals surface area (Å²) in [7, 11) is 1.31. The Balaban J connectivity index is 2.04. The average Bonchev–Trinajstić information content (AvgIpc) is 3.17. The molecular weight excluding hydrogens is 421 g/mol. The SMILES string of the molecule is CCCCCN(C(=O)n1nnn(-c2c(F)cccc2OC)c1=O)c1cccc(C(=O)O)c1. The van der Waals surface area contributed by atoms with Gasteiger partial charge in [-0.3, -0.25) is 4.90 Å². The van der Waals surface area contributed by atoms with Crippen molar-refractivity contribution >= 4 is 17.7 Å². The number of ether oxygens (including phenoxy) is 1. The average molecular weight is 443 g/mol. The second kappa shape index (κ2) is 9.86. The molecule has 0 saturated carbocycles. The Hall–Kier alpha value is -4.02. The Morgan fingerprint density at radius 2 is 1.91 bits per heavy atom. The predicted molar refractivity (Wildman–Crippen MR) is 113 cm³/mol. The highest BCUT2D eigenvalue weighted by molar-refractivity contribution is 5.95. The lowest BCUT2D eigenvalue weighted by Gasteiger charge is -2.22. The molecule has 0 aliphatic carbocycles. The highest BCUT2D eigenvalue weighted by Gasteiger charge is 2.25. The van der Waals surface area contributed by atoms with E-state index < -0.39 is 23.5 Å². The van der Waals surface area contributed by atoms with Crippen molar-refractivity contribution in [2.24, 2.45) is 0 Å². The van der Waals surface area contributed by atoms with E-state index in [1.165, 1.54) is 42.3 Å². The van der Waals surface area contributed by atoms with Gasteiger partial charge in [0.05, 0.1) is 12.7 Å². The van der Waals surface area contributed by atoms with Gasteiger partial charge in [0.2, 0.25) is 0 Å². The first-order valence-electron chi connectivity index (χ1n) is 9.92. The number of para-hydroxylation sites is 1. The van der Waals surface area contributed by atoms with Crippen molar-refractivity contribution in [3.63, 3.8) is 0 Å². The Kier molecular flexibility index (Phi) is 6.98. The van der Waals surface area contributed by atoms with Gasteiger partial charge in [0, 0.05) is 12.2 Å². The molecule has 168 valence electrons. The van der Waals surface area contributed by atoms with E-state index in [2.05, 4.69) is 10.4 Å². The first-order valence-corrected chi connectivity index (χ1v) is 9.92. The van der Waals surface area contributed by atoms with Crippen LogP contribution in [0.15, 0.2) is 47.3 Å². The zero-order valence-corrected chi connectivity index (χ0v) is 17.6. The van der Waals surface area contributed by atoms with Crippen molar-refractivity contribution in [1.29, 1.82) is 0 Å². The first-order chi connectivity index (χ1) is 15.4. The number of carbonyl (C=O) groups is 2. The molecule has 3 rings (SSSR count). The molecule has 32 heavy (non-hydrogen) atoms. The third kappa shape index (κ3) is 4.51. The molecule has 0 unspecified atom stereocenters. The largest absolute Gasteiger partial charge is 0.494 e. The standard InChI is InChI=1S/C21H22FN5O5/c1-3-4-5-12-25(15-9-6-8-14(13-15)19(28)29)20(30)27-21(31)26(23-24-27)18-16(22)10-7-11-17(18)32-2/h6-11,13H,3-5,12H2,1-2H3,(H,28,29). The van der Waals surface area contributed by atoms with Crippen molar-refractivity contribution in [3.8, 4) is 11.4 Å². The number of methoxy groups -OCH3 is 1. The van der Waals surface area contributed by atoms with Gasteiger partial charge in [-0.1, -0.05) is 31.9 Å². The number of aromatic nitrogens is 4. The molecule has 11 heteroatoms. The number of halogens is 1. The number of benzene rings is 2. The molecule has 3 aromatic rings. The molecule has 0 radical (unpaired) electrons. The lowest BCUT2D eigenvalue weighted by atomic mass is 10.1. The van der Waals surface area contributed by atoms with Gasteiger partial charge >= 0.3 is 17.7 Å². The predicted octanol–water partition coefficient (Wildman–Crippen LogP) is 2.94. The van der Waals surface area contributed by atoms with E-state index in [0.717, 1.165) is 18.9 Å². The fourth-order valence-corrected chi connectivity index (χ4v) is 3.15. The summed E-state index contributed by atoms with van der Waals surface area (Å²) in [4.78, 5) is 38.7. The fourth-order valence-electron chi connectivity index (χ4n) is 3.15. The van der Waals surface area contributed by atoms with Crippen LogP contribution in [0.4, 0.5) is 14.9 Å². The van der Waals surface area contributed by atoms with Gasteiger partial charge in [-0.05, 0) is 47.2 Å². The summed E-state index contributed by atoms with van der Waals surface area (Å²) in [5.41, 5.74) is -0.989. The summed E-state index contributed by atoms with van der Waals surface area (Å²) < 4.78 is 20.6. The zero-order valence-electron chi connectivity index (χ0n) is 17.6. The van der Waals surface area contributed by atoms with Crippen LogP contribution >= 0.6 is 0 Å². The monoisotopic (exact) mass is 443 g/mol. The van der Waals surface area contributed by atoms with Gasteiger partial charge in [-0.25, -0.2) is 18.8 Å². The van der Waals surface area contributed by atoms with Crippen molar-refractivity contribution in [1.82, 2.24) is 19.8 Å². The number of rotatable bonds is 8. The molecule has 10 nitrogen and oxygen atoms in total. The molecular formula is C21H22FN5O5. The van der Waals surface area contributed by atoms with Crippen molar-refractivity contribution in [2.75, 3.05) is 18.6 Å². The third-order valence-electron chi connectivity index (χ3n) is 4.76. The first kappa shape index (κ1) is 22.7. The highest BCUT2D eigenvalue weighted by Crippen LogP contribution is 2.23. The second-order valence-corrected chi connectivity index (χ2v) is 6.87. The number of unbranched alkanes of at least 4 members (excludes halogenated alkanes) is 2. The van der Waals surface area contributed by atoms with Crippen LogP contribution in [0.2, 0.25) is 0 Å². The number of nitrogens with zero attached hydrogens (tertiary/aromatic N) is 5. The number of carbonyl (C=O) groups excluding carboxylic acids is 1. The van der Waals surface area contributed by atoms with Crippen LogP contribution in [0, 0.1) is 5.82 Å². The maximum atomic E-state index is 14.4. The van der Waals surface area contributed by atoms with Crippen LogP contribution in [0.1, 0.15) is 36.5 Å². The fraction of sp³-hybridized carbons (Fsp3) is 0.286. The van der Waals surface area contributed by atoms with Crippen molar-refractivity contribution in [2.45, 2.75) is 26.2 Å². The minimum Gasteiger partial charge on any atom is -0.494 e. The van der Waals surface area contributed by atoms with E-state index in [1.807, 2.05) is 6.92 Å². The number of hydrogen-bond donors (Lipinski definition) is 1. The molecule has 0 spiro atoms. The van der Waals surface area contributed by atoms with Crippen molar-refractivity contribution < 1.29 is 23.8 Å². The Morgan fingerprint density at radius 3 is 2.59 bits per heavy atom. The number of amides is 1. The molecule has 0 saturated heterocycles. The highest BCUT2D eigenvalue weighted by atomic mass is 19.1. The van der Waals surface area contributed by atoms with E-state index >= 15 is 0 Å². The molecule has 0 aliphatic heterocycles. The molecule has 1 heterocycles. The molecule has 0 atom stereocenters. The van der Waals surface area contributed by atoms with Crippen LogP contribution < -0.4 is 15.3 Å². The lowest BCUT2D eigenvalue weighted by Crippen LogP contribution is -2.41. The van der Waals surface area contributed by atoms with Crippen LogP contribution in [0.5, 0.6) is 5.75 Å². The lowest BCUT2D eigenvalue weighted by molar-refractivity contribution is 0.0697. The topological polar surface area (TPSA) is 120 Å². The molecule has 0 aliphatic rings. The number of hydrogen-bond acceptors (Lipinski definition) is 6. The summed E-state index contributed by atoms with van der Waals surface area (Å²) in [5.74, 6) is -1.89. The molecule has 1 N–H and O–H groups in total. The molecule has 2 aromatic carbocycles. The van der Waals surface area contributed by atoms with Gasteiger partial charge < -0.3 is 9.84 Å². The smallest absolute Gasteiger partial charge is 0.377 e. The van der Waals surface area contributed by atoms with Crippen LogP contribution in [0.25, 0.3) is 5.69 Å². The maximum absolute atomic E-state index is 14.4. The van der Waals surface area contributed by atoms with Gasteiger partial charge in [0.1, 0.15) is 11.4 Å². The maximum Gasteiger partial charge on any atom is 0.377 e. The van der Waals surface area contributed by atoms with Crippen molar-refractivity contribution in [3.05, 3.63) is 64.3 Å². The van der Waals surface area contributed by atoms with Gasteiger partial charge in [0.25, 0.3) is 0 Å². The van der Waals surface area contributed by atoms with Crippen LogP contribution in [0.3, 0.4) is 0 Å². The number of anilines is 1. The quantitative estimate of drug-likeness (QED) is 0.420. The second-order valence-electron chi connectivity index (χ2n) is 6.87. The third-order valence-corrected chi connectivity index (χ3v) is 4.76. The minimum absolute atomic E-state index is 0.0112. The van der Waals surface area contributed by atoms with Gasteiger partial charge in [0.15, 0.2) is 5.82 Å². The molecule has 0 bridgehead atoms. The number of aromatic carboxylic acids is 1. The summed E-state index contributed by atoms with van der Waals surface area (Å²) in [6.45, 7) is 2.22. The Bertz CT molecular complexity index is 1190. The number of carboxylic acid groups (broad SMARTS) is 1. The molecule has 0 fully saturated rings. The zero-order chi connectivity index (χ0) is 23.3. The summed E-state index contributed by atoms with van der Waals surface area (Å²) >= 11 is 0. The van der Waals surface area contributed by atoms with Crippen LogP contribution in [-0.4, -0.2) is 50.6 Å². The number of tetrazole rings is 1. The Labute approximate surface area is 182 Å². The normalized spacial score (nSPS) is 10.7. The number of carboxylic acids is 1. The van der Waals surface area contributed by atoms with E-state index in [-0.39, 0.29) is 29.2 Å². The summed E-state index contributed by atoms with van der Waals surface area (Å²) in [6.07, 6.45) is 2.32. The van der Waals surface area contributed by atoms with E-state index in [0.29, 0.717) is 15.8 Å². The van der Waals surface area contributed by atoms with Gasteiger partial charge in [-0.2, -0.15) is 4.68 Å². The summed E-state index contributed by atoms with van der Waals surface area (Å²) in [6, 6.07) is 8.93. The Morgan fingerprint density at radius 1 is 1.16 bits per heavy atom. The van der Waals surface area contributed by atoms with E-state index in [9.17, 15) is 23.9 Å². The molecule has 1 aromatic heterocycles. The van der Waals surface area contributed by atoms with E-state index in [1.54, 1.807) is 6.07 Å². The van der Waals surface area contributed by atoms with Gasteiger partial charge in [-0.15, -0.1) is 4.68 Å².